The quantitative estimate of drug-likeness (QED) is 0.621. The zero-order chi connectivity index (χ0) is 18.4. The Bertz CT molecular complexity index is 800. The van der Waals surface area contributed by atoms with Gasteiger partial charge in [-0.15, -0.1) is 0 Å². The van der Waals surface area contributed by atoms with Gasteiger partial charge in [0.25, 0.3) is 5.91 Å². The lowest BCUT2D eigenvalue weighted by atomic mass is 10.0. The molecule has 2 aromatic carbocycles. The number of hydrogen-bond acceptors (Lipinski definition) is 4. The number of hydrogen-bond donors (Lipinski definition) is 2. The lowest BCUT2D eigenvalue weighted by molar-refractivity contribution is -0.139. The highest BCUT2D eigenvalue weighted by Crippen LogP contribution is 2.14. The second kappa shape index (κ2) is 8.10. The molecule has 0 saturated carbocycles. The molecule has 0 bridgehead atoms. The summed E-state index contributed by atoms with van der Waals surface area (Å²) in [5, 5.41) is 11.9. The number of nitrogens with one attached hydrogen (secondary N) is 1. The lowest BCUT2D eigenvalue weighted by Crippen LogP contribution is -2.42. The summed E-state index contributed by atoms with van der Waals surface area (Å²) in [7, 11) is 0. The first kappa shape index (κ1) is 18.2. The van der Waals surface area contributed by atoms with Crippen molar-refractivity contribution in [3.05, 3.63) is 65.2 Å². The number of aliphatic carboxylic acids is 1. The van der Waals surface area contributed by atoms with Crippen LogP contribution in [0.3, 0.4) is 0 Å². The number of esters is 1. The third kappa shape index (κ3) is 5.46. The van der Waals surface area contributed by atoms with Crippen LogP contribution in [-0.2, 0) is 16.0 Å². The maximum absolute atomic E-state index is 12.3. The van der Waals surface area contributed by atoms with Crippen LogP contribution >= 0.6 is 0 Å². The van der Waals surface area contributed by atoms with Crippen molar-refractivity contribution < 1.29 is 24.2 Å². The predicted octanol–water partition coefficient (Wildman–Crippen LogP) is 2.35. The van der Waals surface area contributed by atoms with Crippen LogP contribution in [0.5, 0.6) is 5.75 Å². The molecule has 0 aromatic heterocycles. The number of carbonyl (C=O) groups is 3. The minimum atomic E-state index is -1.12. The summed E-state index contributed by atoms with van der Waals surface area (Å²) in [4.78, 5) is 34.8. The number of benzene rings is 2. The van der Waals surface area contributed by atoms with E-state index >= 15 is 0 Å². The standard InChI is InChI=1S/C19H19NO5/c1-12-5-3-6-14(9-12)10-17(19(23)24)20-18(22)15-7-4-8-16(11-15)25-13(2)21/h3-9,11,17H,10H2,1-2H3,(H,20,22)(H,23,24)/t17-/m0/s1. The minimum absolute atomic E-state index is 0.173. The Morgan fingerprint density at radius 1 is 1.12 bits per heavy atom. The van der Waals surface area contributed by atoms with Crippen LogP contribution in [0, 0.1) is 6.92 Å². The molecule has 2 rings (SSSR count). The van der Waals surface area contributed by atoms with Crippen molar-refractivity contribution in [2.75, 3.05) is 0 Å². The zero-order valence-electron chi connectivity index (χ0n) is 14.0. The number of carbonyl (C=O) groups excluding carboxylic acids is 2. The average molecular weight is 341 g/mol. The van der Waals surface area contributed by atoms with Gasteiger partial charge in [-0.3, -0.25) is 9.59 Å². The number of carboxylic acids is 1. The smallest absolute Gasteiger partial charge is 0.326 e. The van der Waals surface area contributed by atoms with Gasteiger partial charge in [0.05, 0.1) is 0 Å². The van der Waals surface area contributed by atoms with Crippen molar-refractivity contribution in [3.8, 4) is 5.75 Å². The third-order valence-electron chi connectivity index (χ3n) is 3.48. The maximum atomic E-state index is 12.3. The van der Waals surface area contributed by atoms with Gasteiger partial charge in [-0.05, 0) is 30.7 Å². The summed E-state index contributed by atoms with van der Waals surface area (Å²) in [5.74, 6) is -1.94. The molecule has 0 aliphatic heterocycles. The van der Waals surface area contributed by atoms with Crippen molar-refractivity contribution in [3.63, 3.8) is 0 Å². The van der Waals surface area contributed by atoms with Gasteiger partial charge >= 0.3 is 11.9 Å². The highest BCUT2D eigenvalue weighted by Gasteiger charge is 2.21. The molecule has 0 saturated heterocycles. The molecule has 0 unspecified atom stereocenters. The number of amides is 1. The Hall–Kier alpha value is -3.15. The topological polar surface area (TPSA) is 92.7 Å². The molecule has 130 valence electrons. The molecule has 0 heterocycles. The van der Waals surface area contributed by atoms with E-state index in [0.717, 1.165) is 11.1 Å². The van der Waals surface area contributed by atoms with Crippen LogP contribution in [0.15, 0.2) is 48.5 Å². The summed E-state index contributed by atoms with van der Waals surface area (Å²) < 4.78 is 4.93. The first-order chi connectivity index (χ1) is 11.8. The SMILES string of the molecule is CC(=O)Oc1cccc(C(=O)N[C@@H](Cc2cccc(C)c2)C(=O)O)c1. The van der Waals surface area contributed by atoms with Crippen LogP contribution in [0.1, 0.15) is 28.4 Å². The molecule has 0 aliphatic rings. The Kier molecular flexibility index (Phi) is 5.89. The van der Waals surface area contributed by atoms with Gasteiger partial charge in [-0.2, -0.15) is 0 Å². The van der Waals surface area contributed by atoms with Gasteiger partial charge in [0.1, 0.15) is 11.8 Å². The van der Waals surface area contributed by atoms with E-state index in [1.165, 1.54) is 19.1 Å². The van der Waals surface area contributed by atoms with Crippen molar-refractivity contribution in [2.45, 2.75) is 26.3 Å². The fourth-order valence-corrected chi connectivity index (χ4v) is 2.38. The second-order valence-electron chi connectivity index (χ2n) is 5.68. The molecule has 2 aromatic rings. The fourth-order valence-electron chi connectivity index (χ4n) is 2.38. The molecular weight excluding hydrogens is 322 g/mol. The monoisotopic (exact) mass is 341 g/mol. The summed E-state index contributed by atoms with van der Waals surface area (Å²) in [6, 6.07) is 12.4. The first-order valence-electron chi connectivity index (χ1n) is 7.73. The van der Waals surface area contributed by atoms with Crippen molar-refractivity contribution in [2.24, 2.45) is 0 Å². The van der Waals surface area contributed by atoms with Gasteiger partial charge in [0.15, 0.2) is 0 Å². The number of aryl methyl sites for hydroxylation is 1. The Morgan fingerprint density at radius 3 is 2.48 bits per heavy atom. The highest BCUT2D eigenvalue weighted by molar-refractivity contribution is 5.97. The van der Waals surface area contributed by atoms with E-state index in [1.54, 1.807) is 12.1 Å². The molecule has 1 atom stereocenters. The predicted molar refractivity (Wildman–Crippen MR) is 91.5 cm³/mol. The van der Waals surface area contributed by atoms with Crippen LogP contribution in [0.2, 0.25) is 0 Å². The van der Waals surface area contributed by atoms with Crippen LogP contribution in [0.25, 0.3) is 0 Å². The van der Waals surface area contributed by atoms with Gasteiger partial charge in [0, 0.05) is 18.9 Å². The molecular formula is C19H19NO5. The van der Waals surface area contributed by atoms with E-state index in [9.17, 15) is 19.5 Å². The molecule has 6 heteroatoms. The summed E-state index contributed by atoms with van der Waals surface area (Å²) in [5.41, 5.74) is 2.05. The van der Waals surface area contributed by atoms with Gasteiger partial charge in [-0.1, -0.05) is 35.9 Å². The van der Waals surface area contributed by atoms with Crippen LogP contribution < -0.4 is 10.1 Å². The molecule has 6 nitrogen and oxygen atoms in total. The van der Waals surface area contributed by atoms with E-state index in [4.69, 9.17) is 4.74 Å². The molecule has 1 amide bonds. The van der Waals surface area contributed by atoms with E-state index in [2.05, 4.69) is 5.32 Å². The normalized spacial score (nSPS) is 11.4. The van der Waals surface area contributed by atoms with E-state index < -0.39 is 23.9 Å². The minimum Gasteiger partial charge on any atom is -0.480 e. The molecule has 25 heavy (non-hydrogen) atoms. The molecule has 2 N–H and O–H groups in total. The van der Waals surface area contributed by atoms with Gasteiger partial charge in [-0.25, -0.2) is 4.79 Å². The van der Waals surface area contributed by atoms with Gasteiger partial charge in [0.2, 0.25) is 0 Å². The van der Waals surface area contributed by atoms with E-state index in [1.807, 2.05) is 31.2 Å². The maximum Gasteiger partial charge on any atom is 0.326 e. The number of carboxylic acid groups (broad SMARTS) is 1. The van der Waals surface area contributed by atoms with Crippen molar-refractivity contribution in [1.82, 2.24) is 5.32 Å². The lowest BCUT2D eigenvalue weighted by Gasteiger charge is -2.15. The largest absolute Gasteiger partial charge is 0.480 e. The van der Waals surface area contributed by atoms with Crippen molar-refractivity contribution in [1.29, 1.82) is 0 Å². The molecule has 0 radical (unpaired) electrons. The van der Waals surface area contributed by atoms with E-state index in [-0.39, 0.29) is 17.7 Å². The number of ether oxygens (including phenoxy) is 1. The fraction of sp³-hybridized carbons (Fsp3) is 0.211. The molecule has 0 aliphatic carbocycles. The highest BCUT2D eigenvalue weighted by atomic mass is 16.5. The third-order valence-corrected chi connectivity index (χ3v) is 3.48. The Labute approximate surface area is 145 Å². The molecule has 0 spiro atoms. The van der Waals surface area contributed by atoms with Crippen LogP contribution in [0.4, 0.5) is 0 Å². The van der Waals surface area contributed by atoms with Gasteiger partial charge < -0.3 is 15.2 Å². The summed E-state index contributed by atoms with van der Waals surface area (Å²) >= 11 is 0. The second-order valence-corrected chi connectivity index (χ2v) is 5.68. The van der Waals surface area contributed by atoms with Crippen LogP contribution in [-0.4, -0.2) is 29.0 Å². The Balaban J connectivity index is 2.12. The summed E-state index contributed by atoms with van der Waals surface area (Å²) in [6.07, 6.45) is 0.173. The Morgan fingerprint density at radius 2 is 1.84 bits per heavy atom. The van der Waals surface area contributed by atoms with Crippen molar-refractivity contribution >= 4 is 17.8 Å². The summed E-state index contributed by atoms with van der Waals surface area (Å²) in [6.45, 7) is 3.17. The first-order valence-corrected chi connectivity index (χ1v) is 7.73. The van der Waals surface area contributed by atoms with E-state index in [0.29, 0.717) is 0 Å². The number of rotatable bonds is 6. The zero-order valence-corrected chi connectivity index (χ0v) is 14.0. The average Bonchev–Trinajstić information content (AvgIpc) is 2.53. The molecule has 0 fully saturated rings.